The van der Waals surface area contributed by atoms with E-state index in [1.54, 1.807) is 0 Å². The highest BCUT2D eigenvalue weighted by atomic mass is 16.2. The molecule has 3 rings (SSSR count). The fourth-order valence-electron chi connectivity index (χ4n) is 3.31. The highest BCUT2D eigenvalue weighted by molar-refractivity contribution is 5.85. The molecule has 1 saturated carbocycles. The van der Waals surface area contributed by atoms with Crippen molar-refractivity contribution >= 4 is 5.91 Å². The molecule has 3 heteroatoms. The number of nitrogens with zero attached hydrogens (tertiary/aromatic N) is 1. The van der Waals surface area contributed by atoms with Crippen molar-refractivity contribution in [1.82, 2.24) is 10.2 Å². The smallest absolute Gasteiger partial charge is 0.238 e. The zero-order valence-electron chi connectivity index (χ0n) is 7.88. The van der Waals surface area contributed by atoms with Gasteiger partial charge >= 0.3 is 0 Å². The highest BCUT2D eigenvalue weighted by Gasteiger charge is 2.53. The minimum absolute atomic E-state index is 0.0955. The molecular formula is C10H16N2O. The molecule has 0 bridgehead atoms. The van der Waals surface area contributed by atoms with Gasteiger partial charge in [-0.25, -0.2) is 0 Å². The summed E-state index contributed by atoms with van der Waals surface area (Å²) in [7, 11) is 0. The average molecular weight is 180 g/mol. The number of hydrogen-bond donors (Lipinski definition) is 1. The van der Waals surface area contributed by atoms with Crippen molar-refractivity contribution < 1.29 is 4.79 Å². The molecule has 3 aliphatic rings. The van der Waals surface area contributed by atoms with Crippen LogP contribution >= 0.6 is 0 Å². The van der Waals surface area contributed by atoms with E-state index in [1.165, 1.54) is 32.1 Å². The fraction of sp³-hybridized carbons (Fsp3) is 0.900. The van der Waals surface area contributed by atoms with Crippen LogP contribution in [0.4, 0.5) is 0 Å². The van der Waals surface area contributed by atoms with Gasteiger partial charge in [0.25, 0.3) is 0 Å². The van der Waals surface area contributed by atoms with Gasteiger partial charge < -0.3 is 5.32 Å². The summed E-state index contributed by atoms with van der Waals surface area (Å²) in [6.45, 7) is 1.13. The molecular weight excluding hydrogens is 164 g/mol. The molecule has 0 aromatic carbocycles. The van der Waals surface area contributed by atoms with E-state index in [4.69, 9.17) is 0 Å². The fourth-order valence-corrected chi connectivity index (χ4v) is 3.31. The van der Waals surface area contributed by atoms with E-state index < -0.39 is 0 Å². The minimum atomic E-state index is 0.0955. The number of carbonyl (C=O) groups excluding carboxylic acids is 1. The van der Waals surface area contributed by atoms with E-state index >= 15 is 0 Å². The number of amides is 1. The summed E-state index contributed by atoms with van der Waals surface area (Å²) >= 11 is 0. The Hall–Kier alpha value is -0.570. The molecule has 3 fully saturated rings. The molecule has 0 radical (unpaired) electrons. The second kappa shape index (κ2) is 2.47. The Kier molecular flexibility index (Phi) is 1.48. The van der Waals surface area contributed by atoms with Gasteiger partial charge in [-0.1, -0.05) is 0 Å². The number of nitrogens with one attached hydrogen (secondary N) is 1. The zero-order chi connectivity index (χ0) is 8.89. The van der Waals surface area contributed by atoms with Gasteiger partial charge in [0.2, 0.25) is 5.91 Å². The Balaban J connectivity index is 1.93. The van der Waals surface area contributed by atoms with Crippen molar-refractivity contribution in [3.63, 3.8) is 0 Å². The van der Waals surface area contributed by atoms with Crippen LogP contribution in [0.2, 0.25) is 0 Å². The molecule has 13 heavy (non-hydrogen) atoms. The van der Waals surface area contributed by atoms with Crippen molar-refractivity contribution in [3.05, 3.63) is 0 Å². The molecule has 1 atom stereocenters. The molecule has 1 N–H and O–H groups in total. The lowest BCUT2D eigenvalue weighted by Crippen LogP contribution is -2.49. The first-order chi connectivity index (χ1) is 6.32. The third kappa shape index (κ3) is 0.909. The molecule has 2 heterocycles. The minimum Gasteiger partial charge on any atom is -0.336 e. The molecule has 1 aliphatic carbocycles. The zero-order valence-corrected chi connectivity index (χ0v) is 7.88. The summed E-state index contributed by atoms with van der Waals surface area (Å²) in [6.07, 6.45) is 7.20. The predicted molar refractivity (Wildman–Crippen MR) is 49.1 cm³/mol. The summed E-state index contributed by atoms with van der Waals surface area (Å²) < 4.78 is 0. The third-order valence-electron chi connectivity index (χ3n) is 3.89. The van der Waals surface area contributed by atoms with Crippen molar-refractivity contribution in [2.24, 2.45) is 0 Å². The average Bonchev–Trinajstić information content (AvgIpc) is 2.74. The van der Waals surface area contributed by atoms with Crippen LogP contribution < -0.4 is 5.32 Å². The van der Waals surface area contributed by atoms with E-state index in [0.717, 1.165) is 13.0 Å². The lowest BCUT2D eigenvalue weighted by molar-refractivity contribution is -0.121. The van der Waals surface area contributed by atoms with Crippen molar-refractivity contribution in [3.8, 4) is 0 Å². The Bertz CT molecular complexity index is 245. The van der Waals surface area contributed by atoms with E-state index in [1.807, 2.05) is 0 Å². The van der Waals surface area contributed by atoms with E-state index in [9.17, 15) is 4.79 Å². The maximum absolute atomic E-state index is 11.7. The van der Waals surface area contributed by atoms with Crippen LogP contribution in [0.25, 0.3) is 0 Å². The Labute approximate surface area is 78.5 Å². The van der Waals surface area contributed by atoms with Crippen LogP contribution in [-0.2, 0) is 4.79 Å². The van der Waals surface area contributed by atoms with E-state index in [2.05, 4.69) is 10.2 Å². The summed E-state index contributed by atoms with van der Waals surface area (Å²) in [5.41, 5.74) is 0.0955. The van der Waals surface area contributed by atoms with Crippen LogP contribution in [0.5, 0.6) is 0 Å². The van der Waals surface area contributed by atoms with Crippen LogP contribution in [0.3, 0.4) is 0 Å². The quantitative estimate of drug-likeness (QED) is 0.599. The van der Waals surface area contributed by atoms with Gasteiger partial charge in [-0.15, -0.1) is 0 Å². The van der Waals surface area contributed by atoms with E-state index in [0.29, 0.717) is 5.91 Å². The topological polar surface area (TPSA) is 32.3 Å². The lowest BCUT2D eigenvalue weighted by atomic mass is 10.1. The van der Waals surface area contributed by atoms with Crippen LogP contribution in [0.15, 0.2) is 0 Å². The van der Waals surface area contributed by atoms with Gasteiger partial charge in [0.15, 0.2) is 0 Å². The molecule has 1 amide bonds. The molecule has 0 aromatic heterocycles. The van der Waals surface area contributed by atoms with Gasteiger partial charge in [0, 0.05) is 6.54 Å². The van der Waals surface area contributed by atoms with Crippen LogP contribution in [0.1, 0.15) is 38.5 Å². The van der Waals surface area contributed by atoms with Gasteiger partial charge in [-0.2, -0.15) is 0 Å². The Morgan fingerprint density at radius 3 is 2.85 bits per heavy atom. The number of carbonyl (C=O) groups is 1. The second-order valence-electron chi connectivity index (χ2n) is 4.58. The normalized spacial score (nSPS) is 36.9. The van der Waals surface area contributed by atoms with Crippen LogP contribution in [0, 0.1) is 0 Å². The lowest BCUT2D eigenvalue weighted by Gasteiger charge is -2.33. The summed E-state index contributed by atoms with van der Waals surface area (Å²) in [5.74, 6) is 0.291. The Morgan fingerprint density at radius 2 is 2.08 bits per heavy atom. The van der Waals surface area contributed by atoms with Crippen molar-refractivity contribution in [1.29, 1.82) is 0 Å². The SMILES string of the molecule is O=C1NC2(CCCC2)N2CCCC12. The first-order valence-corrected chi connectivity index (χ1v) is 5.41. The summed E-state index contributed by atoms with van der Waals surface area (Å²) in [4.78, 5) is 14.1. The number of hydrogen-bond acceptors (Lipinski definition) is 2. The summed E-state index contributed by atoms with van der Waals surface area (Å²) in [6, 6.07) is 0.220. The molecule has 1 unspecified atom stereocenters. The summed E-state index contributed by atoms with van der Waals surface area (Å²) in [5, 5.41) is 3.22. The standard InChI is InChI=1S/C10H16N2O/c13-9-8-4-3-7-12(8)10(11-9)5-1-2-6-10/h8H,1-7H2,(H,11,13). The molecule has 72 valence electrons. The largest absolute Gasteiger partial charge is 0.336 e. The third-order valence-corrected chi connectivity index (χ3v) is 3.89. The van der Waals surface area contributed by atoms with E-state index in [-0.39, 0.29) is 11.7 Å². The molecule has 2 aliphatic heterocycles. The molecule has 0 aromatic rings. The number of rotatable bonds is 0. The molecule has 1 spiro atoms. The molecule has 2 saturated heterocycles. The maximum atomic E-state index is 11.7. The first-order valence-electron chi connectivity index (χ1n) is 5.41. The molecule has 3 nitrogen and oxygen atoms in total. The number of fused-ring (bicyclic) bond motifs is 2. The van der Waals surface area contributed by atoms with Gasteiger partial charge in [0.05, 0.1) is 11.7 Å². The monoisotopic (exact) mass is 180 g/mol. The van der Waals surface area contributed by atoms with Crippen molar-refractivity contribution in [2.45, 2.75) is 50.2 Å². The maximum Gasteiger partial charge on any atom is 0.238 e. The van der Waals surface area contributed by atoms with Crippen LogP contribution in [-0.4, -0.2) is 29.1 Å². The highest BCUT2D eigenvalue weighted by Crippen LogP contribution is 2.41. The predicted octanol–water partition coefficient (Wildman–Crippen LogP) is 0.851. The van der Waals surface area contributed by atoms with Crippen molar-refractivity contribution in [2.75, 3.05) is 6.54 Å². The van der Waals surface area contributed by atoms with Gasteiger partial charge in [-0.3, -0.25) is 9.69 Å². The Morgan fingerprint density at radius 1 is 1.31 bits per heavy atom. The van der Waals surface area contributed by atoms with Gasteiger partial charge in [0.1, 0.15) is 0 Å². The first kappa shape index (κ1) is 7.80. The van der Waals surface area contributed by atoms with Gasteiger partial charge in [-0.05, 0) is 38.5 Å². The second-order valence-corrected chi connectivity index (χ2v) is 4.58.